The summed E-state index contributed by atoms with van der Waals surface area (Å²) in [7, 11) is 3.70. The maximum absolute atomic E-state index is 5.41. The minimum Gasteiger partial charge on any atom is -0.496 e. The number of imidazole rings is 1. The van der Waals surface area contributed by atoms with Crippen LogP contribution in [0.25, 0.3) is 0 Å². The van der Waals surface area contributed by atoms with E-state index in [1.807, 2.05) is 24.0 Å². The van der Waals surface area contributed by atoms with Crippen LogP contribution in [0.2, 0.25) is 0 Å². The average molecular weight is 323 g/mol. The molecule has 2 rings (SSSR count). The highest BCUT2D eigenvalue weighted by molar-refractivity contribution is 9.10. The van der Waals surface area contributed by atoms with E-state index < -0.39 is 0 Å². The zero-order chi connectivity index (χ0) is 14.0. The van der Waals surface area contributed by atoms with Crippen LogP contribution in [0.15, 0.2) is 29.1 Å². The quantitative estimate of drug-likeness (QED) is 0.853. The molecule has 0 aliphatic carbocycles. The highest BCUT2D eigenvalue weighted by Gasteiger charge is 2.11. The standard InChI is InChI=1S/C15H19BrN2O/c1-10(2)12-7-11(5-6-14(12)19-4)8-13-15(16)18(3)9-17-13/h5-7,9-10H,8H2,1-4H3. The molecule has 2 aromatic rings. The van der Waals surface area contributed by atoms with Gasteiger partial charge in [0.05, 0.1) is 19.1 Å². The third-order valence-electron chi connectivity index (χ3n) is 3.22. The molecule has 0 saturated carbocycles. The molecule has 3 nitrogen and oxygen atoms in total. The first-order chi connectivity index (χ1) is 9.02. The van der Waals surface area contributed by atoms with Crippen LogP contribution >= 0.6 is 15.9 Å². The zero-order valence-corrected chi connectivity index (χ0v) is 13.4. The third-order valence-corrected chi connectivity index (χ3v) is 4.24. The Morgan fingerprint density at radius 2 is 2.11 bits per heavy atom. The lowest BCUT2D eigenvalue weighted by Gasteiger charge is -2.13. The summed E-state index contributed by atoms with van der Waals surface area (Å²) < 4.78 is 8.42. The first-order valence-corrected chi connectivity index (χ1v) is 7.14. The predicted molar refractivity (Wildman–Crippen MR) is 80.8 cm³/mol. The summed E-state index contributed by atoms with van der Waals surface area (Å²) in [4.78, 5) is 4.41. The number of hydrogen-bond acceptors (Lipinski definition) is 2. The van der Waals surface area contributed by atoms with Crippen molar-refractivity contribution in [2.24, 2.45) is 7.05 Å². The van der Waals surface area contributed by atoms with Crippen molar-refractivity contribution in [1.82, 2.24) is 9.55 Å². The van der Waals surface area contributed by atoms with E-state index >= 15 is 0 Å². The minimum absolute atomic E-state index is 0.446. The SMILES string of the molecule is COc1ccc(Cc2ncn(C)c2Br)cc1C(C)C. The van der Waals surface area contributed by atoms with E-state index in [1.54, 1.807) is 7.11 Å². The van der Waals surface area contributed by atoms with Gasteiger partial charge in [0, 0.05) is 13.5 Å². The number of ether oxygens (including phenoxy) is 1. The first-order valence-electron chi connectivity index (χ1n) is 6.35. The fourth-order valence-corrected chi connectivity index (χ4v) is 2.45. The molecule has 0 amide bonds. The van der Waals surface area contributed by atoms with Crippen LogP contribution in [0.1, 0.15) is 36.6 Å². The average Bonchev–Trinajstić information content (AvgIpc) is 2.70. The van der Waals surface area contributed by atoms with Gasteiger partial charge in [-0.1, -0.05) is 26.0 Å². The summed E-state index contributed by atoms with van der Waals surface area (Å²) in [6, 6.07) is 6.36. The van der Waals surface area contributed by atoms with Gasteiger partial charge in [0.25, 0.3) is 0 Å². The van der Waals surface area contributed by atoms with Gasteiger partial charge in [0.2, 0.25) is 0 Å². The van der Waals surface area contributed by atoms with Gasteiger partial charge in [0.15, 0.2) is 0 Å². The molecular formula is C15H19BrN2O. The minimum atomic E-state index is 0.446. The molecule has 0 atom stereocenters. The molecule has 1 aromatic heterocycles. The Labute approximate surface area is 122 Å². The lowest BCUT2D eigenvalue weighted by Crippen LogP contribution is -1.98. The molecule has 0 radical (unpaired) electrons. The molecular weight excluding hydrogens is 304 g/mol. The van der Waals surface area contributed by atoms with Gasteiger partial charge < -0.3 is 9.30 Å². The summed E-state index contributed by atoms with van der Waals surface area (Å²) in [5.41, 5.74) is 3.55. The number of benzene rings is 1. The summed E-state index contributed by atoms with van der Waals surface area (Å²) >= 11 is 3.56. The van der Waals surface area contributed by atoms with E-state index in [-0.39, 0.29) is 0 Å². The van der Waals surface area contributed by atoms with Crippen LogP contribution < -0.4 is 4.74 Å². The first kappa shape index (κ1) is 14.1. The Balaban J connectivity index is 2.31. The second-order valence-corrected chi connectivity index (χ2v) is 5.75. The third kappa shape index (κ3) is 3.00. The van der Waals surface area contributed by atoms with Gasteiger partial charge in [-0.25, -0.2) is 4.98 Å². The Bertz CT molecular complexity index is 576. The molecule has 0 spiro atoms. The smallest absolute Gasteiger partial charge is 0.122 e. The van der Waals surface area contributed by atoms with E-state index in [1.165, 1.54) is 11.1 Å². The van der Waals surface area contributed by atoms with Gasteiger partial charge >= 0.3 is 0 Å². The zero-order valence-electron chi connectivity index (χ0n) is 11.8. The molecule has 0 saturated heterocycles. The molecule has 19 heavy (non-hydrogen) atoms. The van der Waals surface area contributed by atoms with Crippen LogP contribution in [-0.2, 0) is 13.5 Å². The second kappa shape index (κ2) is 5.78. The van der Waals surface area contributed by atoms with Crippen LogP contribution in [-0.4, -0.2) is 16.7 Å². The van der Waals surface area contributed by atoms with E-state index in [2.05, 4.69) is 46.9 Å². The molecule has 0 aliphatic heterocycles. The van der Waals surface area contributed by atoms with E-state index in [9.17, 15) is 0 Å². The van der Waals surface area contributed by atoms with Gasteiger partial charge in [-0.15, -0.1) is 0 Å². The lowest BCUT2D eigenvalue weighted by molar-refractivity contribution is 0.407. The Kier molecular flexibility index (Phi) is 4.30. The molecule has 102 valence electrons. The Morgan fingerprint density at radius 3 is 2.63 bits per heavy atom. The normalized spacial score (nSPS) is 11.1. The molecule has 1 aromatic carbocycles. The number of methoxy groups -OCH3 is 1. The number of hydrogen-bond donors (Lipinski definition) is 0. The highest BCUT2D eigenvalue weighted by atomic mass is 79.9. The topological polar surface area (TPSA) is 27.1 Å². The van der Waals surface area contributed by atoms with Gasteiger partial charge in [-0.05, 0) is 39.0 Å². The number of nitrogens with zero attached hydrogens (tertiary/aromatic N) is 2. The van der Waals surface area contributed by atoms with E-state index in [0.29, 0.717) is 5.92 Å². The fourth-order valence-electron chi connectivity index (χ4n) is 2.12. The molecule has 1 heterocycles. The number of aryl methyl sites for hydroxylation is 1. The van der Waals surface area contributed by atoms with E-state index in [4.69, 9.17) is 4.74 Å². The van der Waals surface area contributed by atoms with Crippen LogP contribution in [0.4, 0.5) is 0 Å². The van der Waals surface area contributed by atoms with Crippen LogP contribution in [0.5, 0.6) is 5.75 Å². The summed E-state index contributed by atoms with van der Waals surface area (Å²) in [6.07, 6.45) is 2.65. The van der Waals surface area contributed by atoms with Crippen molar-refractivity contribution in [3.05, 3.63) is 46.0 Å². The van der Waals surface area contributed by atoms with E-state index in [0.717, 1.165) is 22.5 Å². The van der Waals surface area contributed by atoms with Crippen molar-refractivity contribution in [2.45, 2.75) is 26.2 Å². The van der Waals surface area contributed by atoms with Crippen LogP contribution in [0, 0.1) is 0 Å². The molecule has 4 heteroatoms. The van der Waals surface area contributed by atoms with Crippen molar-refractivity contribution < 1.29 is 4.74 Å². The molecule has 0 bridgehead atoms. The molecule has 0 fully saturated rings. The summed E-state index contributed by atoms with van der Waals surface area (Å²) in [6.45, 7) is 4.36. The van der Waals surface area contributed by atoms with Gasteiger partial charge in [-0.3, -0.25) is 0 Å². The monoisotopic (exact) mass is 322 g/mol. The summed E-state index contributed by atoms with van der Waals surface area (Å²) in [5.74, 6) is 1.40. The summed E-state index contributed by atoms with van der Waals surface area (Å²) in [5, 5.41) is 0. The molecule has 0 aliphatic rings. The van der Waals surface area contributed by atoms with Crippen molar-refractivity contribution in [1.29, 1.82) is 0 Å². The second-order valence-electron chi connectivity index (χ2n) is 5.00. The molecule has 0 unspecified atom stereocenters. The number of halogens is 1. The van der Waals surface area contributed by atoms with Gasteiger partial charge in [0.1, 0.15) is 10.4 Å². The maximum atomic E-state index is 5.41. The highest BCUT2D eigenvalue weighted by Crippen LogP contribution is 2.28. The van der Waals surface area contributed by atoms with Crippen molar-refractivity contribution >= 4 is 15.9 Å². The van der Waals surface area contributed by atoms with Crippen molar-refractivity contribution in [2.75, 3.05) is 7.11 Å². The Hall–Kier alpha value is -1.29. The maximum Gasteiger partial charge on any atom is 0.122 e. The lowest BCUT2D eigenvalue weighted by atomic mass is 9.98. The van der Waals surface area contributed by atoms with Gasteiger partial charge in [-0.2, -0.15) is 0 Å². The predicted octanol–water partition coefficient (Wildman–Crippen LogP) is 3.91. The largest absolute Gasteiger partial charge is 0.496 e. The van der Waals surface area contributed by atoms with Crippen molar-refractivity contribution in [3.8, 4) is 5.75 Å². The number of aromatic nitrogens is 2. The fraction of sp³-hybridized carbons (Fsp3) is 0.400. The Morgan fingerprint density at radius 1 is 1.37 bits per heavy atom. The van der Waals surface area contributed by atoms with Crippen molar-refractivity contribution in [3.63, 3.8) is 0 Å². The van der Waals surface area contributed by atoms with Crippen LogP contribution in [0.3, 0.4) is 0 Å². The molecule has 0 N–H and O–H groups in total. The number of rotatable bonds is 4.